The van der Waals surface area contributed by atoms with Crippen LogP contribution >= 0.6 is 0 Å². The van der Waals surface area contributed by atoms with E-state index in [1.807, 2.05) is 60.7 Å². The van der Waals surface area contributed by atoms with E-state index in [2.05, 4.69) is 13.3 Å². The summed E-state index contributed by atoms with van der Waals surface area (Å²) in [6.07, 6.45) is 4.07. The SMILES string of the molecule is O=c1cc(CF)oc(CO)c1O.O=c1cc(CF)occ1O.O=c1cc(CF)occ1OCc1ccccc1.O=c1cc(CO)occ1O.O=c1cc(CO)occ1OCc1ccccc1. The first-order valence-electron chi connectivity index (χ1n) is 18.8. The minimum Gasteiger partial charge on any atom is -0.502 e. The molecule has 0 atom stereocenters. The molecule has 0 saturated heterocycles. The van der Waals surface area contributed by atoms with Crippen LogP contribution in [0.3, 0.4) is 0 Å². The van der Waals surface area contributed by atoms with Gasteiger partial charge in [0.1, 0.15) is 107 Å². The van der Waals surface area contributed by atoms with E-state index < -0.39 is 60.2 Å². The van der Waals surface area contributed by atoms with Crippen molar-refractivity contribution in [3.63, 3.8) is 0 Å². The van der Waals surface area contributed by atoms with Crippen LogP contribution in [0.2, 0.25) is 0 Å². The summed E-state index contributed by atoms with van der Waals surface area (Å²) in [4.78, 5) is 54.9. The Labute approximate surface area is 369 Å². The second kappa shape index (κ2) is 27.8. The highest BCUT2D eigenvalue weighted by atomic mass is 19.1. The predicted octanol–water partition coefficient (Wildman–Crippen LogP) is 5.36. The van der Waals surface area contributed by atoms with Gasteiger partial charge in [-0.1, -0.05) is 60.7 Å². The number of aliphatic hydroxyl groups excluding tert-OH is 3. The van der Waals surface area contributed by atoms with Crippen LogP contribution in [-0.2, 0) is 53.1 Å². The number of aliphatic hydroxyl groups is 3. The summed E-state index contributed by atoms with van der Waals surface area (Å²) < 4.78 is 70.1. The molecule has 7 aromatic rings. The zero-order valence-electron chi connectivity index (χ0n) is 34.3. The molecule has 6 N–H and O–H groups in total. The maximum absolute atomic E-state index is 12.2. The Morgan fingerprint density at radius 1 is 0.439 bits per heavy atom. The van der Waals surface area contributed by atoms with E-state index in [1.54, 1.807) is 0 Å². The van der Waals surface area contributed by atoms with Crippen molar-refractivity contribution in [2.75, 3.05) is 0 Å². The van der Waals surface area contributed by atoms with Crippen LogP contribution in [0.1, 0.15) is 45.7 Å². The normalized spacial score (nSPS) is 10.0. The van der Waals surface area contributed by atoms with Crippen molar-refractivity contribution in [1.82, 2.24) is 0 Å². The Kier molecular flexibility index (Phi) is 22.0. The molecule has 0 aliphatic rings. The van der Waals surface area contributed by atoms with Crippen LogP contribution in [0.5, 0.6) is 28.7 Å². The van der Waals surface area contributed by atoms with Crippen LogP contribution in [0, 0.1) is 0 Å². The first kappa shape index (κ1) is 52.2. The maximum Gasteiger partial charge on any atom is 0.227 e. The number of benzene rings is 2. The Hall–Kier alpha value is -8.14. The molecule has 7 rings (SSSR count). The smallest absolute Gasteiger partial charge is 0.227 e. The van der Waals surface area contributed by atoms with Crippen LogP contribution in [-0.4, -0.2) is 30.6 Å². The zero-order chi connectivity index (χ0) is 48.4. The molecular weight excluding hydrogens is 885 g/mol. The fraction of sp³-hybridized carbons (Fsp3) is 0.178. The number of halogens is 3. The molecule has 18 nitrogen and oxygen atoms in total. The van der Waals surface area contributed by atoms with Gasteiger partial charge in [0.05, 0.1) is 0 Å². The first-order chi connectivity index (χ1) is 31.7. The Morgan fingerprint density at radius 2 is 0.803 bits per heavy atom. The van der Waals surface area contributed by atoms with E-state index in [0.717, 1.165) is 54.2 Å². The summed E-state index contributed by atoms with van der Waals surface area (Å²) in [5.74, 6) is -1.62. The van der Waals surface area contributed by atoms with Gasteiger partial charge in [0, 0.05) is 30.3 Å². The van der Waals surface area contributed by atoms with Gasteiger partial charge < -0.3 is 62.2 Å². The fourth-order valence-electron chi connectivity index (χ4n) is 4.51. The van der Waals surface area contributed by atoms with Gasteiger partial charge in [-0.2, -0.15) is 0 Å². The summed E-state index contributed by atoms with van der Waals surface area (Å²) in [5, 5.41) is 52.0. The molecule has 5 aromatic heterocycles. The average Bonchev–Trinajstić information content (AvgIpc) is 3.34. The molecular formula is C45H41F3O18. The molecule has 0 aliphatic heterocycles. The van der Waals surface area contributed by atoms with E-state index >= 15 is 0 Å². The third kappa shape index (κ3) is 17.6. The molecule has 0 aliphatic carbocycles. The molecule has 0 fully saturated rings. The second-order valence-electron chi connectivity index (χ2n) is 12.6. The molecule has 350 valence electrons. The highest BCUT2D eigenvalue weighted by Gasteiger charge is 2.10. The summed E-state index contributed by atoms with van der Waals surface area (Å²) in [6.45, 7) is -3.25. The minimum atomic E-state index is -0.942. The molecule has 21 heteroatoms. The van der Waals surface area contributed by atoms with Gasteiger partial charge in [0.25, 0.3) is 0 Å². The summed E-state index contributed by atoms with van der Waals surface area (Å²) >= 11 is 0. The van der Waals surface area contributed by atoms with E-state index in [4.69, 9.17) is 48.9 Å². The van der Waals surface area contributed by atoms with E-state index in [-0.39, 0.29) is 76.7 Å². The number of rotatable bonds is 12. The summed E-state index contributed by atoms with van der Waals surface area (Å²) in [7, 11) is 0. The summed E-state index contributed by atoms with van der Waals surface area (Å²) in [5.41, 5.74) is -0.678. The lowest BCUT2D eigenvalue weighted by molar-refractivity contribution is 0.222. The number of hydrogen-bond acceptors (Lipinski definition) is 18. The lowest BCUT2D eigenvalue weighted by atomic mass is 10.2. The predicted molar refractivity (Wildman–Crippen MR) is 224 cm³/mol. The lowest BCUT2D eigenvalue weighted by Crippen LogP contribution is -2.07. The van der Waals surface area contributed by atoms with Crippen LogP contribution in [0.15, 0.2) is 162 Å². The molecule has 66 heavy (non-hydrogen) atoms. The third-order valence-electron chi connectivity index (χ3n) is 7.81. The standard InChI is InChI=1S/C13H11FO3.C13H12O4.C7H7FO4.C6H5FO3.C6H6O4/c2*14-7-11-6-12(15)13(9-16-11)17-8-10-4-2-1-3-5-10;8-2-4-1-5(10)7(11)6(3-9)12-4;2*7-2-4-1-5(8)6(9)3-10-4/h1-6,9H,7-8H2;1-6,9,14H,7-8H2;1,9,11H,2-3H2;1,3,9H,2H2;1,3,7,9H,2H2. The van der Waals surface area contributed by atoms with Crippen molar-refractivity contribution in [2.24, 2.45) is 0 Å². The minimum absolute atomic E-state index is 0.00191. The quantitative estimate of drug-likeness (QED) is 0.0899. The zero-order valence-corrected chi connectivity index (χ0v) is 34.3. The Morgan fingerprint density at radius 3 is 1.20 bits per heavy atom. The molecule has 0 radical (unpaired) electrons. The molecule has 0 spiro atoms. The van der Waals surface area contributed by atoms with E-state index in [1.165, 1.54) is 12.3 Å². The molecule has 2 aromatic carbocycles. The Bertz CT molecular complexity index is 2680. The molecule has 0 amide bonds. The van der Waals surface area contributed by atoms with Gasteiger partial charge in [-0.05, 0) is 11.1 Å². The number of aromatic hydroxyl groups is 3. The maximum atomic E-state index is 12.2. The topological polar surface area (TPSA) is 291 Å². The molecule has 0 bridgehead atoms. The lowest BCUT2D eigenvalue weighted by Gasteiger charge is -2.05. The monoisotopic (exact) mass is 926 g/mol. The van der Waals surface area contributed by atoms with Crippen molar-refractivity contribution in [1.29, 1.82) is 0 Å². The van der Waals surface area contributed by atoms with Crippen molar-refractivity contribution >= 4 is 0 Å². The van der Waals surface area contributed by atoms with Crippen LogP contribution < -0.4 is 36.6 Å². The van der Waals surface area contributed by atoms with Gasteiger partial charge in [-0.15, -0.1) is 0 Å². The van der Waals surface area contributed by atoms with Gasteiger partial charge >= 0.3 is 0 Å². The van der Waals surface area contributed by atoms with Gasteiger partial charge in [0.15, 0.2) is 17.3 Å². The highest BCUT2D eigenvalue weighted by molar-refractivity contribution is 5.24. The number of alkyl halides is 3. The van der Waals surface area contributed by atoms with E-state index in [0.29, 0.717) is 6.61 Å². The fourth-order valence-corrected chi connectivity index (χ4v) is 4.51. The molecule has 5 heterocycles. The Balaban J connectivity index is 0.000000223. The van der Waals surface area contributed by atoms with Crippen LogP contribution in [0.4, 0.5) is 13.2 Å². The molecule has 0 unspecified atom stereocenters. The second-order valence-corrected chi connectivity index (χ2v) is 12.6. The summed E-state index contributed by atoms with van der Waals surface area (Å²) in [6, 6.07) is 24.1. The van der Waals surface area contributed by atoms with Gasteiger partial charge in [-0.3, -0.25) is 24.0 Å². The van der Waals surface area contributed by atoms with Crippen molar-refractivity contribution in [3.05, 3.63) is 213 Å². The van der Waals surface area contributed by atoms with Crippen molar-refractivity contribution in [2.45, 2.75) is 53.1 Å². The van der Waals surface area contributed by atoms with Crippen molar-refractivity contribution < 1.29 is 75.4 Å². The largest absolute Gasteiger partial charge is 0.502 e. The van der Waals surface area contributed by atoms with Gasteiger partial charge in [-0.25, -0.2) is 13.2 Å². The van der Waals surface area contributed by atoms with Crippen LogP contribution in [0.25, 0.3) is 0 Å². The number of ether oxygens (including phenoxy) is 2. The average molecular weight is 927 g/mol. The first-order valence-corrected chi connectivity index (χ1v) is 18.8. The highest BCUT2D eigenvalue weighted by Crippen LogP contribution is 2.14. The van der Waals surface area contributed by atoms with Crippen molar-refractivity contribution in [3.8, 4) is 28.7 Å². The van der Waals surface area contributed by atoms with Gasteiger partial charge in [0.2, 0.25) is 44.4 Å². The van der Waals surface area contributed by atoms with E-state index in [9.17, 15) is 37.1 Å². The third-order valence-corrected chi connectivity index (χ3v) is 7.81. The molecule has 0 saturated carbocycles. The number of hydrogen-bond donors (Lipinski definition) is 6.